The molecular formula is C12H13ClO3. The molecule has 0 heterocycles. The fourth-order valence-corrected chi connectivity index (χ4v) is 1.63. The van der Waals surface area contributed by atoms with E-state index in [0.29, 0.717) is 22.8 Å². The minimum Gasteiger partial charge on any atom is -0.466 e. The fourth-order valence-electron chi connectivity index (χ4n) is 1.39. The van der Waals surface area contributed by atoms with E-state index >= 15 is 0 Å². The Balaban J connectivity index is 2.93. The summed E-state index contributed by atoms with van der Waals surface area (Å²) in [5, 5.41) is 0.417. The molecule has 0 atom stereocenters. The molecular weight excluding hydrogens is 228 g/mol. The zero-order chi connectivity index (χ0) is 12.1. The van der Waals surface area contributed by atoms with Crippen LogP contribution in [0.1, 0.15) is 28.4 Å². The number of carbonyl (C=O) groups excluding carboxylic acids is 2. The van der Waals surface area contributed by atoms with Gasteiger partial charge in [-0.3, -0.25) is 9.59 Å². The molecule has 0 radical (unpaired) electrons. The molecule has 4 heteroatoms. The van der Waals surface area contributed by atoms with Crippen LogP contribution in [0.25, 0.3) is 0 Å². The van der Waals surface area contributed by atoms with Crippen molar-refractivity contribution in [2.45, 2.75) is 20.3 Å². The van der Waals surface area contributed by atoms with Gasteiger partial charge >= 0.3 is 5.97 Å². The third kappa shape index (κ3) is 3.07. The van der Waals surface area contributed by atoms with Crippen LogP contribution in [0, 0.1) is 6.92 Å². The number of aryl methyl sites for hydroxylation is 1. The van der Waals surface area contributed by atoms with Gasteiger partial charge in [0.25, 0.3) is 0 Å². The van der Waals surface area contributed by atoms with Crippen molar-refractivity contribution < 1.29 is 14.3 Å². The summed E-state index contributed by atoms with van der Waals surface area (Å²) >= 11 is 5.96. The van der Waals surface area contributed by atoms with Crippen LogP contribution >= 0.6 is 11.6 Å². The van der Waals surface area contributed by atoms with Crippen LogP contribution in [-0.4, -0.2) is 18.9 Å². The average molecular weight is 241 g/mol. The average Bonchev–Trinajstić information content (AvgIpc) is 2.23. The predicted octanol–water partition coefficient (Wildman–Crippen LogP) is 2.57. The zero-order valence-electron chi connectivity index (χ0n) is 9.25. The van der Waals surface area contributed by atoms with Crippen molar-refractivity contribution in [3.63, 3.8) is 0 Å². The number of ether oxygens (including phenoxy) is 1. The van der Waals surface area contributed by atoms with Gasteiger partial charge < -0.3 is 4.74 Å². The van der Waals surface area contributed by atoms with E-state index < -0.39 is 0 Å². The standard InChI is InChI=1S/C12H13ClO3/c1-3-16-12(15)6-9-4-8(2)10(7-14)5-11(9)13/h4-5,7H,3,6H2,1-2H3. The van der Waals surface area contributed by atoms with Gasteiger partial charge in [0.1, 0.15) is 6.29 Å². The van der Waals surface area contributed by atoms with Gasteiger partial charge in [-0.1, -0.05) is 17.7 Å². The van der Waals surface area contributed by atoms with E-state index in [-0.39, 0.29) is 12.4 Å². The SMILES string of the molecule is CCOC(=O)Cc1cc(C)c(C=O)cc1Cl. The number of carbonyl (C=O) groups is 2. The van der Waals surface area contributed by atoms with E-state index in [1.807, 2.05) is 0 Å². The molecule has 1 aromatic carbocycles. The normalized spacial score (nSPS) is 9.94. The van der Waals surface area contributed by atoms with Gasteiger partial charge in [-0.2, -0.15) is 0 Å². The number of hydrogen-bond acceptors (Lipinski definition) is 3. The van der Waals surface area contributed by atoms with Gasteiger partial charge in [0.2, 0.25) is 0 Å². The lowest BCUT2D eigenvalue weighted by Gasteiger charge is -2.07. The second-order valence-electron chi connectivity index (χ2n) is 3.40. The number of aldehydes is 1. The molecule has 1 aromatic rings. The number of hydrogen-bond donors (Lipinski definition) is 0. The molecule has 0 aliphatic heterocycles. The van der Waals surface area contributed by atoms with E-state index in [0.717, 1.165) is 11.8 Å². The smallest absolute Gasteiger partial charge is 0.310 e. The highest BCUT2D eigenvalue weighted by Crippen LogP contribution is 2.21. The molecule has 0 aliphatic rings. The number of benzene rings is 1. The lowest BCUT2D eigenvalue weighted by molar-refractivity contribution is -0.142. The molecule has 1 rings (SSSR count). The van der Waals surface area contributed by atoms with Crippen molar-refractivity contribution in [3.05, 3.63) is 33.8 Å². The number of esters is 1. The highest BCUT2D eigenvalue weighted by molar-refractivity contribution is 6.31. The van der Waals surface area contributed by atoms with Crippen molar-refractivity contribution in [1.29, 1.82) is 0 Å². The molecule has 0 amide bonds. The van der Waals surface area contributed by atoms with Crippen LogP contribution in [0.3, 0.4) is 0 Å². The molecule has 0 spiro atoms. The minimum atomic E-state index is -0.317. The minimum absolute atomic E-state index is 0.132. The van der Waals surface area contributed by atoms with Crippen molar-refractivity contribution in [2.24, 2.45) is 0 Å². The highest BCUT2D eigenvalue weighted by atomic mass is 35.5. The summed E-state index contributed by atoms with van der Waals surface area (Å²) in [5.41, 5.74) is 2.03. The Hall–Kier alpha value is -1.35. The first kappa shape index (κ1) is 12.7. The number of rotatable bonds is 4. The molecule has 0 saturated carbocycles. The molecule has 0 aromatic heterocycles. The lowest BCUT2D eigenvalue weighted by Crippen LogP contribution is -2.08. The largest absolute Gasteiger partial charge is 0.466 e. The number of halogens is 1. The molecule has 86 valence electrons. The summed E-state index contributed by atoms with van der Waals surface area (Å²) < 4.78 is 4.83. The van der Waals surface area contributed by atoms with Gasteiger partial charge in [-0.05, 0) is 31.0 Å². The molecule has 16 heavy (non-hydrogen) atoms. The molecule has 0 bridgehead atoms. The third-order valence-corrected chi connectivity index (χ3v) is 2.55. The molecule has 0 saturated heterocycles. The first-order chi connectivity index (χ1) is 7.58. The van der Waals surface area contributed by atoms with Crippen LogP contribution in [0.15, 0.2) is 12.1 Å². The molecule has 0 unspecified atom stereocenters. The summed E-state index contributed by atoms with van der Waals surface area (Å²) in [5.74, 6) is -0.317. The summed E-state index contributed by atoms with van der Waals surface area (Å²) in [6.07, 6.45) is 0.877. The Morgan fingerprint density at radius 3 is 2.75 bits per heavy atom. The summed E-state index contributed by atoms with van der Waals surface area (Å²) in [6, 6.07) is 3.31. The van der Waals surface area contributed by atoms with Crippen LogP contribution in [0.2, 0.25) is 5.02 Å². The zero-order valence-corrected chi connectivity index (χ0v) is 10.0. The lowest BCUT2D eigenvalue weighted by atomic mass is 10.0. The Morgan fingerprint density at radius 1 is 1.50 bits per heavy atom. The van der Waals surface area contributed by atoms with Crippen molar-refractivity contribution >= 4 is 23.9 Å². The summed E-state index contributed by atoms with van der Waals surface area (Å²) in [7, 11) is 0. The van der Waals surface area contributed by atoms with E-state index in [1.54, 1.807) is 26.0 Å². The Labute approximate surface area is 99.4 Å². The quantitative estimate of drug-likeness (QED) is 0.600. The van der Waals surface area contributed by atoms with E-state index in [2.05, 4.69) is 0 Å². The van der Waals surface area contributed by atoms with Gasteiger partial charge in [0, 0.05) is 10.6 Å². The Bertz CT molecular complexity index is 413. The maximum Gasteiger partial charge on any atom is 0.310 e. The summed E-state index contributed by atoms with van der Waals surface area (Å²) in [4.78, 5) is 21.9. The Morgan fingerprint density at radius 2 is 2.19 bits per heavy atom. The molecule has 0 aliphatic carbocycles. The van der Waals surface area contributed by atoms with Crippen LogP contribution < -0.4 is 0 Å². The van der Waals surface area contributed by atoms with Crippen molar-refractivity contribution in [3.8, 4) is 0 Å². The van der Waals surface area contributed by atoms with Gasteiger partial charge in [0.05, 0.1) is 13.0 Å². The molecule has 0 fully saturated rings. The first-order valence-electron chi connectivity index (χ1n) is 4.98. The second kappa shape index (κ2) is 5.66. The maximum atomic E-state index is 11.3. The fraction of sp³-hybridized carbons (Fsp3) is 0.333. The summed E-state index contributed by atoms with van der Waals surface area (Å²) in [6.45, 7) is 3.90. The molecule has 3 nitrogen and oxygen atoms in total. The second-order valence-corrected chi connectivity index (χ2v) is 3.81. The first-order valence-corrected chi connectivity index (χ1v) is 5.36. The predicted molar refractivity (Wildman–Crippen MR) is 61.9 cm³/mol. The van der Waals surface area contributed by atoms with Gasteiger partial charge in [0.15, 0.2) is 0 Å². The third-order valence-electron chi connectivity index (χ3n) is 2.20. The molecule has 0 N–H and O–H groups in total. The van der Waals surface area contributed by atoms with Crippen molar-refractivity contribution in [1.82, 2.24) is 0 Å². The van der Waals surface area contributed by atoms with Crippen LogP contribution in [0.4, 0.5) is 0 Å². The van der Waals surface area contributed by atoms with Gasteiger partial charge in [-0.15, -0.1) is 0 Å². The van der Waals surface area contributed by atoms with E-state index in [1.165, 1.54) is 0 Å². The monoisotopic (exact) mass is 240 g/mol. The van der Waals surface area contributed by atoms with E-state index in [4.69, 9.17) is 16.3 Å². The topological polar surface area (TPSA) is 43.4 Å². The van der Waals surface area contributed by atoms with E-state index in [9.17, 15) is 9.59 Å². The maximum absolute atomic E-state index is 11.3. The van der Waals surface area contributed by atoms with Crippen LogP contribution in [-0.2, 0) is 16.0 Å². The van der Waals surface area contributed by atoms with Crippen LogP contribution in [0.5, 0.6) is 0 Å². The Kier molecular flexibility index (Phi) is 4.50. The van der Waals surface area contributed by atoms with Crippen molar-refractivity contribution in [2.75, 3.05) is 6.61 Å². The highest BCUT2D eigenvalue weighted by Gasteiger charge is 2.10. The van der Waals surface area contributed by atoms with Gasteiger partial charge in [-0.25, -0.2) is 0 Å².